The highest BCUT2D eigenvalue weighted by atomic mass is 35.5. The van der Waals surface area contributed by atoms with Crippen molar-refractivity contribution in [3.8, 4) is 5.75 Å². The molecule has 0 saturated heterocycles. The van der Waals surface area contributed by atoms with E-state index in [0.29, 0.717) is 28.9 Å². The van der Waals surface area contributed by atoms with Gasteiger partial charge in [-0.3, -0.25) is 9.59 Å². The van der Waals surface area contributed by atoms with Crippen LogP contribution in [-0.2, 0) is 16.0 Å². The van der Waals surface area contributed by atoms with Gasteiger partial charge in [0.1, 0.15) is 5.75 Å². The molecule has 178 valence electrons. The molecule has 34 heavy (non-hydrogen) atoms. The van der Waals surface area contributed by atoms with Gasteiger partial charge in [-0.25, -0.2) is 0 Å². The first-order valence-electron chi connectivity index (χ1n) is 11.2. The Bertz CT molecular complexity index is 1150. The van der Waals surface area contributed by atoms with Gasteiger partial charge in [-0.2, -0.15) is 0 Å². The summed E-state index contributed by atoms with van der Waals surface area (Å²) in [6, 6.07) is 16.3. The Kier molecular flexibility index (Phi) is 8.14. The number of fused-ring (bicyclic) bond motifs is 1. The number of hydrogen-bond donors (Lipinski definition) is 0. The fourth-order valence-corrected chi connectivity index (χ4v) is 5.63. The number of nitrogens with zero attached hydrogens (tertiary/aromatic N) is 2. The van der Waals surface area contributed by atoms with E-state index in [9.17, 15) is 9.59 Å². The lowest BCUT2D eigenvalue weighted by Gasteiger charge is -2.38. The van der Waals surface area contributed by atoms with E-state index in [1.54, 1.807) is 40.5 Å². The SMILES string of the molecule is CCCN(CC(=O)N1CCc2sccc2C1c1ccc(Cl)cc1Cl)C(=O)COc1ccccc1. The normalized spacial score (nSPS) is 15.0. The second-order valence-electron chi connectivity index (χ2n) is 8.12. The average Bonchev–Trinajstić information content (AvgIpc) is 3.31. The Balaban J connectivity index is 1.53. The molecular weight excluding hydrogens is 491 g/mol. The van der Waals surface area contributed by atoms with Crippen molar-refractivity contribution in [1.82, 2.24) is 9.80 Å². The Morgan fingerprint density at radius 2 is 1.91 bits per heavy atom. The number of ether oxygens (including phenoxy) is 1. The van der Waals surface area contributed by atoms with Crippen LogP contribution in [0, 0.1) is 0 Å². The van der Waals surface area contributed by atoms with Gasteiger partial charge in [0.2, 0.25) is 5.91 Å². The minimum absolute atomic E-state index is 0.00793. The molecule has 3 aromatic rings. The molecule has 1 aliphatic rings. The third-order valence-corrected chi connectivity index (χ3v) is 7.38. The van der Waals surface area contributed by atoms with E-state index in [4.69, 9.17) is 27.9 Å². The van der Waals surface area contributed by atoms with Gasteiger partial charge in [0.05, 0.1) is 12.6 Å². The number of para-hydroxylation sites is 1. The second-order valence-corrected chi connectivity index (χ2v) is 9.97. The van der Waals surface area contributed by atoms with Crippen LogP contribution in [0.5, 0.6) is 5.75 Å². The molecule has 2 amide bonds. The summed E-state index contributed by atoms with van der Waals surface area (Å²) in [5.74, 6) is 0.292. The minimum atomic E-state index is -0.314. The first-order chi connectivity index (χ1) is 16.5. The summed E-state index contributed by atoms with van der Waals surface area (Å²) in [4.78, 5) is 31.2. The number of carbonyl (C=O) groups is 2. The lowest BCUT2D eigenvalue weighted by atomic mass is 9.93. The Hall–Kier alpha value is -2.54. The number of thiophene rings is 1. The number of rotatable bonds is 8. The smallest absolute Gasteiger partial charge is 0.260 e. The Morgan fingerprint density at radius 1 is 1.12 bits per heavy atom. The summed E-state index contributed by atoms with van der Waals surface area (Å²) in [5.41, 5.74) is 1.91. The number of halogens is 2. The van der Waals surface area contributed by atoms with Crippen LogP contribution >= 0.6 is 34.5 Å². The summed E-state index contributed by atoms with van der Waals surface area (Å²) in [5, 5.41) is 3.11. The lowest BCUT2D eigenvalue weighted by molar-refractivity contribution is -0.142. The molecule has 0 radical (unpaired) electrons. The maximum absolute atomic E-state index is 13.6. The zero-order chi connectivity index (χ0) is 24.1. The molecule has 1 atom stereocenters. The fraction of sp³-hybridized carbons (Fsp3) is 0.308. The van der Waals surface area contributed by atoms with Gasteiger partial charge in [-0.15, -0.1) is 11.3 Å². The molecule has 2 heterocycles. The Morgan fingerprint density at radius 3 is 2.65 bits per heavy atom. The third kappa shape index (κ3) is 5.57. The molecule has 1 unspecified atom stereocenters. The molecule has 0 saturated carbocycles. The summed E-state index contributed by atoms with van der Waals surface area (Å²) in [6.45, 7) is 2.90. The molecule has 4 rings (SSSR count). The summed E-state index contributed by atoms with van der Waals surface area (Å²) in [6.07, 6.45) is 1.52. The van der Waals surface area contributed by atoms with Crippen molar-refractivity contribution in [2.45, 2.75) is 25.8 Å². The number of amides is 2. The van der Waals surface area contributed by atoms with Crippen LogP contribution in [-0.4, -0.2) is 47.9 Å². The molecule has 0 bridgehead atoms. The maximum Gasteiger partial charge on any atom is 0.260 e. The van der Waals surface area contributed by atoms with Crippen molar-refractivity contribution in [3.05, 3.63) is 86.0 Å². The Labute approximate surface area is 213 Å². The van der Waals surface area contributed by atoms with E-state index >= 15 is 0 Å². The third-order valence-electron chi connectivity index (χ3n) is 5.82. The predicted octanol–water partition coefficient (Wildman–Crippen LogP) is 5.85. The first kappa shape index (κ1) is 24.6. The lowest BCUT2D eigenvalue weighted by Crippen LogP contribution is -2.47. The molecule has 1 aromatic heterocycles. The van der Waals surface area contributed by atoms with Gasteiger partial charge in [0.15, 0.2) is 6.61 Å². The van der Waals surface area contributed by atoms with Gasteiger partial charge in [-0.1, -0.05) is 54.4 Å². The van der Waals surface area contributed by atoms with Crippen LogP contribution in [0.15, 0.2) is 60.0 Å². The highest BCUT2D eigenvalue weighted by Crippen LogP contribution is 2.41. The monoisotopic (exact) mass is 516 g/mol. The molecule has 1 aliphatic heterocycles. The number of benzene rings is 2. The van der Waals surface area contributed by atoms with Gasteiger partial charge in [0.25, 0.3) is 5.91 Å². The summed E-state index contributed by atoms with van der Waals surface area (Å²) < 4.78 is 5.63. The van der Waals surface area contributed by atoms with Gasteiger partial charge < -0.3 is 14.5 Å². The van der Waals surface area contributed by atoms with Crippen molar-refractivity contribution in [1.29, 1.82) is 0 Å². The topological polar surface area (TPSA) is 49.9 Å². The zero-order valence-electron chi connectivity index (χ0n) is 18.9. The number of hydrogen-bond acceptors (Lipinski definition) is 4. The van der Waals surface area contributed by atoms with Gasteiger partial charge >= 0.3 is 0 Å². The van der Waals surface area contributed by atoms with E-state index in [1.165, 1.54) is 4.88 Å². The van der Waals surface area contributed by atoms with Crippen LogP contribution in [0.4, 0.5) is 0 Å². The highest BCUT2D eigenvalue weighted by Gasteiger charge is 2.35. The van der Waals surface area contributed by atoms with E-state index in [1.807, 2.05) is 41.5 Å². The zero-order valence-corrected chi connectivity index (χ0v) is 21.2. The van der Waals surface area contributed by atoms with Crippen LogP contribution < -0.4 is 4.74 Å². The second kappa shape index (κ2) is 11.3. The van der Waals surface area contributed by atoms with Crippen LogP contribution in [0.2, 0.25) is 10.0 Å². The minimum Gasteiger partial charge on any atom is -0.484 e. The van der Waals surface area contributed by atoms with E-state index in [0.717, 1.165) is 24.0 Å². The van der Waals surface area contributed by atoms with E-state index in [-0.39, 0.29) is 31.0 Å². The van der Waals surface area contributed by atoms with Gasteiger partial charge in [0, 0.05) is 28.0 Å². The van der Waals surface area contributed by atoms with E-state index in [2.05, 4.69) is 6.07 Å². The van der Waals surface area contributed by atoms with Gasteiger partial charge in [-0.05, 0) is 59.7 Å². The molecule has 0 N–H and O–H groups in total. The fourth-order valence-electron chi connectivity index (χ4n) is 4.21. The van der Waals surface area contributed by atoms with Crippen molar-refractivity contribution < 1.29 is 14.3 Å². The maximum atomic E-state index is 13.6. The average molecular weight is 517 g/mol. The molecule has 2 aromatic carbocycles. The molecule has 8 heteroatoms. The summed E-state index contributed by atoms with van der Waals surface area (Å²) in [7, 11) is 0. The highest BCUT2D eigenvalue weighted by molar-refractivity contribution is 7.10. The van der Waals surface area contributed by atoms with Crippen LogP contribution in [0.25, 0.3) is 0 Å². The quantitative estimate of drug-likeness (QED) is 0.377. The van der Waals surface area contributed by atoms with Crippen molar-refractivity contribution in [2.75, 3.05) is 26.2 Å². The van der Waals surface area contributed by atoms with E-state index < -0.39 is 0 Å². The van der Waals surface area contributed by atoms with Crippen molar-refractivity contribution in [2.24, 2.45) is 0 Å². The molecular formula is C26H26Cl2N2O3S. The molecule has 0 fully saturated rings. The summed E-state index contributed by atoms with van der Waals surface area (Å²) >= 11 is 14.4. The predicted molar refractivity (Wildman–Crippen MR) is 137 cm³/mol. The van der Waals surface area contributed by atoms with Crippen LogP contribution in [0.1, 0.15) is 35.4 Å². The largest absolute Gasteiger partial charge is 0.484 e. The molecule has 0 spiro atoms. The van der Waals surface area contributed by atoms with Crippen molar-refractivity contribution in [3.63, 3.8) is 0 Å². The number of carbonyl (C=O) groups excluding carboxylic acids is 2. The standard InChI is InChI=1S/C26H26Cl2N2O3S/c1-2-12-29(25(32)17-33-19-6-4-3-5-7-19)16-24(31)30-13-10-23-21(11-14-34-23)26(30)20-9-8-18(27)15-22(20)28/h3-9,11,14-15,26H,2,10,12-13,16-17H2,1H3. The van der Waals surface area contributed by atoms with Crippen LogP contribution in [0.3, 0.4) is 0 Å². The first-order valence-corrected chi connectivity index (χ1v) is 12.9. The molecule has 5 nitrogen and oxygen atoms in total. The molecule has 0 aliphatic carbocycles. The van der Waals surface area contributed by atoms with Crippen molar-refractivity contribution >= 4 is 46.4 Å².